The van der Waals surface area contributed by atoms with Gasteiger partial charge < -0.3 is 40.6 Å². The maximum absolute atomic E-state index is 14.4. The lowest BCUT2D eigenvalue weighted by Gasteiger charge is -2.32. The van der Waals surface area contributed by atoms with Crippen LogP contribution in [0.2, 0.25) is 5.02 Å². The van der Waals surface area contributed by atoms with Gasteiger partial charge in [-0.05, 0) is 79.0 Å². The summed E-state index contributed by atoms with van der Waals surface area (Å²) in [5, 5.41) is 55.9. The first kappa shape index (κ1) is 54.2. The average Bonchev–Trinajstić information content (AvgIpc) is 3.93. The van der Waals surface area contributed by atoms with Crippen LogP contribution in [-0.2, 0) is 35.2 Å². The molecule has 0 bridgehead atoms. The summed E-state index contributed by atoms with van der Waals surface area (Å²) >= 11 is 7.18. The van der Waals surface area contributed by atoms with Crippen LogP contribution in [0.5, 0.6) is 0 Å². The summed E-state index contributed by atoms with van der Waals surface area (Å²) in [7, 11) is 3.01. The van der Waals surface area contributed by atoms with Gasteiger partial charge in [-0.1, -0.05) is 51.4 Å². The van der Waals surface area contributed by atoms with Crippen LogP contribution in [0.3, 0.4) is 0 Å². The summed E-state index contributed by atoms with van der Waals surface area (Å²) in [5.41, 5.74) is 1.49. The number of aromatic nitrogens is 2. The third kappa shape index (κ3) is 13.5. The van der Waals surface area contributed by atoms with Crippen molar-refractivity contribution >= 4 is 51.4 Å². The van der Waals surface area contributed by atoms with Crippen LogP contribution in [-0.4, -0.2) is 144 Å². The molecule has 15 nitrogen and oxygen atoms in total. The molecule has 372 valence electrons. The predicted molar refractivity (Wildman–Crippen MR) is 252 cm³/mol. The molecule has 20 heteroatoms. The van der Waals surface area contributed by atoms with E-state index in [4.69, 9.17) is 16.7 Å². The molecule has 6 N–H and O–H groups in total. The van der Waals surface area contributed by atoms with E-state index in [0.717, 1.165) is 52.3 Å². The van der Waals surface area contributed by atoms with Crippen LogP contribution in [0.1, 0.15) is 108 Å². The van der Waals surface area contributed by atoms with Crippen molar-refractivity contribution in [1.29, 1.82) is 0 Å². The molecule has 0 aliphatic heterocycles. The van der Waals surface area contributed by atoms with Gasteiger partial charge in [0.1, 0.15) is 29.4 Å². The number of amides is 3. The number of hydrogen-bond donors (Lipinski definition) is 6. The summed E-state index contributed by atoms with van der Waals surface area (Å²) in [6, 6.07) is 10.7. The van der Waals surface area contributed by atoms with Gasteiger partial charge in [0.05, 0.1) is 40.2 Å². The number of anilines is 1. The van der Waals surface area contributed by atoms with Crippen molar-refractivity contribution in [3.05, 3.63) is 98.1 Å². The molecule has 0 unspecified atom stereocenters. The lowest BCUT2D eigenvalue weighted by atomic mass is 9.76. The standard InChI is InChI=1S/C48H62ClF3N6O9S/c1-7-31(8-2)57(19-18-55(5)39(62)14-15-40(63)56(6)26-36(60)43(65)44(66)37(61)27-59)24-28-10-9-11-29(20-28)45(67)54-46-41(33-16-17-47(3,4)22-38(33)68-46)42(64)30-23-53-58(25-30)32-12-13-35(49)34(21-32)48(50,51)52/h9-13,20-21,23,25,31,36-37,43-44,59-61,65-66H,7-8,14-19,22,24,26-27H2,1-6H3,(H,54,67)/t36-,37+,43+,44-/m0/s1. The van der Waals surface area contributed by atoms with Crippen molar-refractivity contribution in [3.8, 4) is 5.69 Å². The van der Waals surface area contributed by atoms with Crippen molar-refractivity contribution < 1.29 is 57.9 Å². The number of fused-ring (bicyclic) bond motifs is 1. The zero-order chi connectivity index (χ0) is 50.2. The molecule has 3 amide bonds. The molecule has 0 saturated heterocycles. The van der Waals surface area contributed by atoms with Crippen molar-refractivity contribution in [2.75, 3.05) is 45.7 Å². The van der Waals surface area contributed by atoms with Crippen LogP contribution in [0.4, 0.5) is 18.2 Å². The molecule has 0 spiro atoms. The molecule has 0 fully saturated rings. The smallest absolute Gasteiger partial charge is 0.394 e. The SMILES string of the molecule is CCC(CC)N(CCN(C)C(=O)CCC(=O)N(C)C[C@H](O)[C@@H](O)[C@@H](O)[C@H](O)CO)Cc1cccc(C(=O)Nc2sc3c(c2C(=O)c2cnn(-c4ccc(Cl)c(C(F)(F)F)c4)c2)CCC(C)(C)C3)c1. The number of hydrogen-bond acceptors (Lipinski definition) is 12. The fourth-order valence-electron chi connectivity index (χ4n) is 8.30. The van der Waals surface area contributed by atoms with E-state index in [-0.39, 0.29) is 48.0 Å². The zero-order valence-corrected chi connectivity index (χ0v) is 40.7. The quantitative estimate of drug-likeness (QED) is 0.0525. The van der Waals surface area contributed by atoms with Crippen molar-refractivity contribution in [2.45, 2.75) is 116 Å². The Bertz CT molecular complexity index is 2410. The van der Waals surface area contributed by atoms with Crippen LogP contribution in [0.25, 0.3) is 5.69 Å². The molecule has 5 rings (SSSR count). The summed E-state index contributed by atoms with van der Waals surface area (Å²) in [6.45, 7) is 8.47. The molecule has 2 aromatic heterocycles. The fraction of sp³-hybridized carbons (Fsp3) is 0.521. The number of carbonyl (C=O) groups is 4. The Labute approximate surface area is 403 Å². The van der Waals surface area contributed by atoms with E-state index in [9.17, 15) is 52.8 Å². The number of aliphatic hydroxyl groups excluding tert-OH is 5. The second-order valence-corrected chi connectivity index (χ2v) is 19.7. The molecule has 2 heterocycles. The van der Waals surface area contributed by atoms with Gasteiger partial charge in [0.15, 0.2) is 5.78 Å². The lowest BCUT2D eigenvalue weighted by molar-refractivity contribution is -0.140. The van der Waals surface area contributed by atoms with Gasteiger partial charge in [0, 0.05) is 75.8 Å². The summed E-state index contributed by atoms with van der Waals surface area (Å²) in [5.74, 6) is -1.63. The normalized spacial score (nSPS) is 15.4. The average molecular weight is 992 g/mol. The molecule has 68 heavy (non-hydrogen) atoms. The first-order valence-corrected chi connectivity index (χ1v) is 23.7. The third-order valence-corrected chi connectivity index (χ3v) is 14.0. The topological polar surface area (TPSA) is 209 Å². The van der Waals surface area contributed by atoms with Gasteiger partial charge in [-0.3, -0.25) is 24.1 Å². The molecule has 2 aromatic carbocycles. The van der Waals surface area contributed by atoms with E-state index in [1.54, 1.807) is 25.2 Å². The Morgan fingerprint density at radius 1 is 0.926 bits per heavy atom. The van der Waals surface area contributed by atoms with E-state index in [1.165, 1.54) is 46.4 Å². The number of nitrogens with one attached hydrogen (secondary N) is 1. The molecule has 1 aliphatic carbocycles. The second kappa shape index (κ2) is 23.3. The van der Waals surface area contributed by atoms with Gasteiger partial charge >= 0.3 is 6.18 Å². The first-order valence-electron chi connectivity index (χ1n) is 22.5. The van der Waals surface area contributed by atoms with Crippen LogP contribution in [0, 0.1) is 5.41 Å². The monoisotopic (exact) mass is 990 g/mol. The molecule has 1 aliphatic rings. The summed E-state index contributed by atoms with van der Waals surface area (Å²) < 4.78 is 42.1. The van der Waals surface area contributed by atoms with Crippen LogP contribution >= 0.6 is 22.9 Å². The maximum Gasteiger partial charge on any atom is 0.417 e. The molecule has 0 radical (unpaired) electrons. The summed E-state index contributed by atoms with van der Waals surface area (Å²) in [4.78, 5) is 60.3. The zero-order valence-electron chi connectivity index (χ0n) is 39.1. The van der Waals surface area contributed by atoms with Gasteiger partial charge in [-0.2, -0.15) is 18.3 Å². The van der Waals surface area contributed by atoms with Gasteiger partial charge in [-0.15, -0.1) is 11.3 Å². The largest absolute Gasteiger partial charge is 0.417 e. The van der Waals surface area contributed by atoms with Crippen LogP contribution in [0.15, 0.2) is 54.9 Å². The predicted octanol–water partition coefficient (Wildman–Crippen LogP) is 5.73. The number of halogens is 4. The van der Waals surface area contributed by atoms with Crippen molar-refractivity contribution in [2.24, 2.45) is 5.41 Å². The highest BCUT2D eigenvalue weighted by atomic mass is 35.5. The lowest BCUT2D eigenvalue weighted by Crippen LogP contribution is -2.50. The Balaban J connectivity index is 1.26. The minimum atomic E-state index is -4.70. The highest BCUT2D eigenvalue weighted by Crippen LogP contribution is 2.45. The Morgan fingerprint density at radius 3 is 2.24 bits per heavy atom. The Hall–Kier alpha value is -4.73. The number of alkyl halides is 3. The Morgan fingerprint density at radius 2 is 1.59 bits per heavy atom. The highest BCUT2D eigenvalue weighted by molar-refractivity contribution is 7.17. The molecular weight excluding hydrogens is 929 g/mol. The van der Waals surface area contributed by atoms with Gasteiger partial charge in [0.25, 0.3) is 5.91 Å². The van der Waals surface area contributed by atoms with Crippen molar-refractivity contribution in [3.63, 3.8) is 0 Å². The first-order chi connectivity index (χ1) is 32.0. The maximum atomic E-state index is 14.4. The molecular formula is C48H62ClF3N6O9S. The number of rotatable bonds is 22. The number of benzene rings is 2. The van der Waals surface area contributed by atoms with Gasteiger partial charge in [0.2, 0.25) is 11.8 Å². The van der Waals surface area contributed by atoms with E-state index in [0.29, 0.717) is 48.6 Å². The van der Waals surface area contributed by atoms with E-state index in [1.807, 2.05) is 6.07 Å². The number of thiophene rings is 1. The second-order valence-electron chi connectivity index (χ2n) is 18.2. The molecule has 4 aromatic rings. The number of carbonyl (C=O) groups excluding carboxylic acids is 4. The number of likely N-dealkylation sites (N-methyl/N-ethyl adjacent to an activating group) is 2. The molecule has 4 atom stereocenters. The van der Waals surface area contributed by atoms with E-state index >= 15 is 0 Å². The van der Waals surface area contributed by atoms with Crippen LogP contribution < -0.4 is 5.32 Å². The van der Waals surface area contributed by atoms with Gasteiger partial charge in [-0.25, -0.2) is 4.68 Å². The van der Waals surface area contributed by atoms with E-state index in [2.05, 4.69) is 43.0 Å². The van der Waals surface area contributed by atoms with Crippen molar-refractivity contribution in [1.82, 2.24) is 24.5 Å². The fourth-order valence-corrected chi connectivity index (χ4v) is 10.0. The number of aliphatic hydroxyl groups is 5. The van der Waals surface area contributed by atoms with E-state index < -0.39 is 65.4 Å². The molecule has 0 saturated carbocycles. The third-order valence-electron chi connectivity index (χ3n) is 12.5. The minimum Gasteiger partial charge on any atom is -0.394 e. The summed E-state index contributed by atoms with van der Waals surface area (Å²) in [6.07, 6.45) is -5.58. The number of nitrogens with zero attached hydrogens (tertiary/aromatic N) is 5. The minimum absolute atomic E-state index is 0.0408. The highest BCUT2D eigenvalue weighted by Gasteiger charge is 2.36. The number of ketones is 1. The Kier molecular flexibility index (Phi) is 18.5.